The summed E-state index contributed by atoms with van der Waals surface area (Å²) in [6, 6.07) is 0.822. The molecule has 0 bridgehead atoms. The first-order valence-corrected chi connectivity index (χ1v) is 8.38. The quantitative estimate of drug-likeness (QED) is 0.728. The zero-order valence-corrected chi connectivity index (χ0v) is 12.9. The highest BCUT2D eigenvalue weighted by atomic mass is 16.5. The largest absolute Gasteiger partial charge is 0.381 e. The maximum Gasteiger partial charge on any atom is 0.222 e. The summed E-state index contributed by atoms with van der Waals surface area (Å²) < 4.78 is 5.20. The van der Waals surface area contributed by atoms with Crippen LogP contribution in [0.4, 0.5) is 0 Å². The average Bonchev–Trinajstić information content (AvgIpc) is 2.95. The van der Waals surface area contributed by atoms with Gasteiger partial charge >= 0.3 is 0 Å². The van der Waals surface area contributed by atoms with Crippen LogP contribution in [0, 0.1) is 5.92 Å². The monoisotopic (exact) mass is 282 g/mol. The van der Waals surface area contributed by atoms with Gasteiger partial charge in [0.05, 0.1) is 6.61 Å². The lowest BCUT2D eigenvalue weighted by molar-refractivity contribution is -0.122. The van der Waals surface area contributed by atoms with Gasteiger partial charge in [-0.1, -0.05) is 19.3 Å². The van der Waals surface area contributed by atoms with Crippen LogP contribution in [-0.2, 0) is 9.53 Å². The molecule has 0 aromatic heterocycles. The Bertz CT molecular complexity index is 290. The molecule has 2 aliphatic rings. The molecule has 1 amide bonds. The van der Waals surface area contributed by atoms with Gasteiger partial charge in [-0.15, -0.1) is 0 Å². The molecule has 2 rings (SSSR count). The highest BCUT2D eigenvalue weighted by Gasteiger charge is 2.28. The van der Waals surface area contributed by atoms with E-state index in [1.165, 1.54) is 51.6 Å². The molecule has 1 unspecified atom stereocenters. The van der Waals surface area contributed by atoms with E-state index in [-0.39, 0.29) is 5.91 Å². The molecule has 0 aromatic rings. The van der Waals surface area contributed by atoms with E-state index in [2.05, 4.69) is 10.2 Å². The van der Waals surface area contributed by atoms with E-state index in [1.807, 2.05) is 6.92 Å². The van der Waals surface area contributed by atoms with Crippen molar-refractivity contribution in [3.8, 4) is 0 Å². The minimum absolute atomic E-state index is 0.134. The standard InChI is InChI=1S/C16H30N2O2/c1-2-20-11-9-16(19)17-12-14-8-10-18(13-14)15-6-4-3-5-7-15/h14-15H,2-13H2,1H3,(H,17,19). The number of nitrogens with one attached hydrogen (secondary N) is 1. The molecule has 1 aliphatic heterocycles. The number of amides is 1. The number of hydrogen-bond donors (Lipinski definition) is 1. The zero-order chi connectivity index (χ0) is 14.2. The van der Waals surface area contributed by atoms with Crippen molar-refractivity contribution in [3.63, 3.8) is 0 Å². The maximum atomic E-state index is 11.7. The Morgan fingerprint density at radius 3 is 2.80 bits per heavy atom. The van der Waals surface area contributed by atoms with E-state index in [0.29, 0.717) is 25.6 Å². The summed E-state index contributed by atoms with van der Waals surface area (Å²) in [4.78, 5) is 14.3. The van der Waals surface area contributed by atoms with Crippen LogP contribution in [0.25, 0.3) is 0 Å². The highest BCUT2D eigenvalue weighted by molar-refractivity contribution is 5.75. The first kappa shape index (κ1) is 15.8. The Balaban J connectivity index is 1.59. The van der Waals surface area contributed by atoms with E-state index in [4.69, 9.17) is 4.74 Å². The van der Waals surface area contributed by atoms with Gasteiger partial charge in [0.15, 0.2) is 0 Å². The lowest BCUT2D eigenvalue weighted by Crippen LogP contribution is -2.36. The average molecular weight is 282 g/mol. The zero-order valence-electron chi connectivity index (χ0n) is 12.9. The molecule has 116 valence electrons. The lowest BCUT2D eigenvalue weighted by atomic mass is 9.94. The molecule has 2 fully saturated rings. The van der Waals surface area contributed by atoms with Crippen molar-refractivity contribution < 1.29 is 9.53 Å². The van der Waals surface area contributed by atoms with Gasteiger partial charge in [-0.25, -0.2) is 0 Å². The molecule has 1 saturated carbocycles. The second-order valence-electron chi connectivity index (χ2n) is 6.19. The van der Waals surface area contributed by atoms with E-state index < -0.39 is 0 Å². The van der Waals surface area contributed by atoms with Gasteiger partial charge in [0, 0.05) is 32.2 Å². The first-order valence-electron chi connectivity index (χ1n) is 8.38. The molecule has 1 heterocycles. The van der Waals surface area contributed by atoms with E-state index >= 15 is 0 Å². The summed E-state index contributed by atoms with van der Waals surface area (Å²) in [7, 11) is 0. The Labute approximate surface area is 123 Å². The predicted molar refractivity (Wildman–Crippen MR) is 80.7 cm³/mol. The van der Waals surface area contributed by atoms with Crippen molar-refractivity contribution in [1.82, 2.24) is 10.2 Å². The van der Waals surface area contributed by atoms with Gasteiger partial charge in [-0.3, -0.25) is 4.79 Å². The third-order valence-electron chi connectivity index (χ3n) is 4.67. The Kier molecular flexibility index (Phi) is 6.80. The molecule has 1 atom stereocenters. The summed E-state index contributed by atoms with van der Waals surface area (Å²) in [6.07, 6.45) is 8.72. The van der Waals surface area contributed by atoms with Crippen LogP contribution >= 0.6 is 0 Å². The van der Waals surface area contributed by atoms with Gasteiger partial charge in [-0.05, 0) is 38.6 Å². The van der Waals surface area contributed by atoms with E-state index in [1.54, 1.807) is 0 Å². The summed E-state index contributed by atoms with van der Waals surface area (Å²) in [5.74, 6) is 0.780. The molecule has 1 N–H and O–H groups in total. The van der Waals surface area contributed by atoms with Crippen molar-refractivity contribution in [2.45, 2.75) is 57.9 Å². The summed E-state index contributed by atoms with van der Waals surface area (Å²) in [6.45, 7) is 6.43. The SMILES string of the molecule is CCOCCC(=O)NCC1CCN(C2CCCCC2)C1. The van der Waals surface area contributed by atoms with Gasteiger partial charge in [-0.2, -0.15) is 0 Å². The highest BCUT2D eigenvalue weighted by Crippen LogP contribution is 2.27. The molecule has 1 aliphatic carbocycles. The van der Waals surface area contributed by atoms with Crippen LogP contribution in [0.3, 0.4) is 0 Å². The number of carbonyl (C=O) groups is 1. The molecule has 0 aromatic carbocycles. The number of hydrogen-bond acceptors (Lipinski definition) is 3. The van der Waals surface area contributed by atoms with Crippen molar-refractivity contribution in [2.75, 3.05) is 32.8 Å². The number of carbonyl (C=O) groups excluding carboxylic acids is 1. The molecular formula is C16H30N2O2. The third-order valence-corrected chi connectivity index (χ3v) is 4.67. The summed E-state index contributed by atoms with van der Waals surface area (Å²) in [5.41, 5.74) is 0. The van der Waals surface area contributed by atoms with Crippen LogP contribution in [0.5, 0.6) is 0 Å². The fourth-order valence-corrected chi connectivity index (χ4v) is 3.46. The van der Waals surface area contributed by atoms with Crippen molar-refractivity contribution in [3.05, 3.63) is 0 Å². The second kappa shape index (κ2) is 8.63. The summed E-state index contributed by atoms with van der Waals surface area (Å²) in [5, 5.41) is 3.06. The normalized spacial score (nSPS) is 24.9. The number of likely N-dealkylation sites (tertiary alicyclic amines) is 1. The number of ether oxygens (including phenoxy) is 1. The molecule has 0 spiro atoms. The van der Waals surface area contributed by atoms with E-state index in [9.17, 15) is 4.79 Å². The van der Waals surface area contributed by atoms with Crippen molar-refractivity contribution in [1.29, 1.82) is 0 Å². The Hall–Kier alpha value is -0.610. The second-order valence-corrected chi connectivity index (χ2v) is 6.19. The smallest absolute Gasteiger partial charge is 0.222 e. The van der Waals surface area contributed by atoms with Gasteiger partial charge in [0.1, 0.15) is 0 Å². The maximum absolute atomic E-state index is 11.7. The molecular weight excluding hydrogens is 252 g/mol. The Morgan fingerprint density at radius 2 is 2.05 bits per heavy atom. The van der Waals surface area contributed by atoms with Gasteiger partial charge in [0.2, 0.25) is 5.91 Å². The van der Waals surface area contributed by atoms with Crippen LogP contribution in [0.15, 0.2) is 0 Å². The van der Waals surface area contributed by atoms with Crippen molar-refractivity contribution >= 4 is 5.91 Å². The minimum Gasteiger partial charge on any atom is -0.381 e. The molecule has 20 heavy (non-hydrogen) atoms. The first-order chi connectivity index (χ1) is 9.79. The fourth-order valence-electron chi connectivity index (χ4n) is 3.46. The molecule has 4 nitrogen and oxygen atoms in total. The van der Waals surface area contributed by atoms with Crippen LogP contribution in [-0.4, -0.2) is 49.7 Å². The van der Waals surface area contributed by atoms with Crippen molar-refractivity contribution in [2.24, 2.45) is 5.92 Å². The Morgan fingerprint density at radius 1 is 1.25 bits per heavy atom. The minimum atomic E-state index is 0.134. The van der Waals surface area contributed by atoms with Crippen LogP contribution < -0.4 is 5.32 Å². The fraction of sp³-hybridized carbons (Fsp3) is 0.938. The van der Waals surface area contributed by atoms with Crippen LogP contribution in [0.2, 0.25) is 0 Å². The van der Waals surface area contributed by atoms with Gasteiger partial charge < -0.3 is 15.0 Å². The predicted octanol–water partition coefficient (Wildman–Crippen LogP) is 2.18. The number of rotatable bonds is 7. The third kappa shape index (κ3) is 5.06. The molecule has 0 radical (unpaired) electrons. The van der Waals surface area contributed by atoms with E-state index in [0.717, 1.165) is 12.6 Å². The lowest BCUT2D eigenvalue weighted by Gasteiger charge is -2.31. The topological polar surface area (TPSA) is 41.6 Å². The molecule has 1 saturated heterocycles. The van der Waals surface area contributed by atoms with Gasteiger partial charge in [0.25, 0.3) is 0 Å². The molecule has 4 heteroatoms. The summed E-state index contributed by atoms with van der Waals surface area (Å²) >= 11 is 0. The number of nitrogens with zero attached hydrogens (tertiary/aromatic N) is 1. The van der Waals surface area contributed by atoms with Crippen LogP contribution in [0.1, 0.15) is 51.9 Å².